The van der Waals surface area contributed by atoms with Crippen LogP contribution < -0.4 is 4.74 Å². The van der Waals surface area contributed by atoms with E-state index in [4.69, 9.17) is 9.47 Å². The van der Waals surface area contributed by atoms with Crippen LogP contribution in [0.15, 0.2) is 30.0 Å². The number of esters is 1. The number of ether oxygens (including phenoxy) is 2. The van der Waals surface area contributed by atoms with Crippen molar-refractivity contribution in [3.8, 4) is 5.75 Å². The van der Waals surface area contributed by atoms with Crippen molar-refractivity contribution >= 4 is 11.8 Å². The van der Waals surface area contributed by atoms with E-state index in [1.54, 1.807) is 26.0 Å². The van der Waals surface area contributed by atoms with Crippen molar-refractivity contribution in [3.05, 3.63) is 41.2 Å². The fourth-order valence-electron chi connectivity index (χ4n) is 2.57. The van der Waals surface area contributed by atoms with Crippen LogP contribution in [0.2, 0.25) is 0 Å². The zero-order valence-corrected chi connectivity index (χ0v) is 13.2. The Morgan fingerprint density at radius 3 is 2.68 bits per heavy atom. The van der Waals surface area contributed by atoms with E-state index in [0.29, 0.717) is 11.3 Å². The number of ketones is 1. The third-order valence-corrected chi connectivity index (χ3v) is 3.99. The van der Waals surface area contributed by atoms with Crippen molar-refractivity contribution in [1.29, 1.82) is 0 Å². The zero-order chi connectivity index (χ0) is 16.5. The summed E-state index contributed by atoms with van der Waals surface area (Å²) >= 11 is 0. The molecule has 0 amide bonds. The standard InChI is InChI=1S/C17H20O5/c1-5-10-6-7-13-11(8-10)14(19)12(9-18)15(22-13)17(2,3)16(20)21-4/h6-9,15,18H,5H2,1-4H3. The van der Waals surface area contributed by atoms with Crippen LogP contribution in [-0.2, 0) is 16.0 Å². The Kier molecular flexibility index (Phi) is 4.26. The minimum atomic E-state index is -1.11. The molecule has 1 aromatic carbocycles. The molecule has 5 heteroatoms. The Balaban J connectivity index is 2.52. The first-order valence-corrected chi connectivity index (χ1v) is 7.13. The van der Waals surface area contributed by atoms with E-state index in [1.165, 1.54) is 7.11 Å². The number of carbonyl (C=O) groups is 2. The monoisotopic (exact) mass is 304 g/mol. The van der Waals surface area contributed by atoms with Crippen molar-refractivity contribution in [2.75, 3.05) is 7.11 Å². The molecular weight excluding hydrogens is 284 g/mol. The molecule has 1 aliphatic rings. The van der Waals surface area contributed by atoms with Gasteiger partial charge in [-0.05, 0) is 38.0 Å². The van der Waals surface area contributed by atoms with Crippen LogP contribution in [0.3, 0.4) is 0 Å². The van der Waals surface area contributed by atoms with Gasteiger partial charge in [0.25, 0.3) is 0 Å². The molecule has 22 heavy (non-hydrogen) atoms. The molecule has 0 saturated heterocycles. The first-order valence-electron chi connectivity index (χ1n) is 7.13. The van der Waals surface area contributed by atoms with Crippen LogP contribution in [0.4, 0.5) is 0 Å². The molecule has 1 heterocycles. The molecule has 1 atom stereocenters. The maximum absolute atomic E-state index is 12.6. The first kappa shape index (κ1) is 16.1. The van der Waals surface area contributed by atoms with Gasteiger partial charge in [0.1, 0.15) is 17.3 Å². The van der Waals surface area contributed by atoms with E-state index in [9.17, 15) is 14.7 Å². The largest absolute Gasteiger partial charge is 0.515 e. The van der Waals surface area contributed by atoms with Crippen molar-refractivity contribution in [3.63, 3.8) is 0 Å². The zero-order valence-electron chi connectivity index (χ0n) is 13.2. The summed E-state index contributed by atoms with van der Waals surface area (Å²) in [6, 6.07) is 5.35. The molecule has 0 fully saturated rings. The number of aliphatic hydroxyl groups is 1. The first-order chi connectivity index (χ1) is 10.4. The van der Waals surface area contributed by atoms with Crippen molar-refractivity contribution < 1.29 is 24.2 Å². The summed E-state index contributed by atoms with van der Waals surface area (Å²) in [7, 11) is 1.28. The highest BCUT2D eigenvalue weighted by Gasteiger charge is 2.47. The normalized spacial score (nSPS) is 19.5. The smallest absolute Gasteiger partial charge is 0.315 e. The molecule has 1 aliphatic heterocycles. The number of hydrogen-bond acceptors (Lipinski definition) is 5. The molecular formula is C17H20O5. The van der Waals surface area contributed by atoms with Crippen LogP contribution in [0.5, 0.6) is 5.75 Å². The van der Waals surface area contributed by atoms with Gasteiger partial charge >= 0.3 is 5.97 Å². The Morgan fingerprint density at radius 2 is 2.14 bits per heavy atom. The fraction of sp³-hybridized carbons (Fsp3) is 0.412. The average Bonchev–Trinajstić information content (AvgIpc) is 2.53. The van der Waals surface area contributed by atoms with Gasteiger partial charge in [-0.1, -0.05) is 13.0 Å². The topological polar surface area (TPSA) is 72.8 Å². The average molecular weight is 304 g/mol. The van der Waals surface area contributed by atoms with Gasteiger partial charge in [-0.2, -0.15) is 0 Å². The van der Waals surface area contributed by atoms with E-state index in [1.807, 2.05) is 13.0 Å². The van der Waals surface area contributed by atoms with Gasteiger partial charge in [0.2, 0.25) is 0 Å². The lowest BCUT2D eigenvalue weighted by atomic mass is 9.78. The maximum atomic E-state index is 12.6. The van der Waals surface area contributed by atoms with E-state index >= 15 is 0 Å². The molecule has 2 rings (SSSR count). The van der Waals surface area contributed by atoms with Crippen LogP contribution >= 0.6 is 0 Å². The maximum Gasteiger partial charge on any atom is 0.315 e. The number of benzene rings is 1. The van der Waals surface area contributed by atoms with Gasteiger partial charge in [0, 0.05) is 0 Å². The van der Waals surface area contributed by atoms with Crippen molar-refractivity contribution in [2.45, 2.75) is 33.3 Å². The Morgan fingerprint density at radius 1 is 1.45 bits per heavy atom. The Bertz CT molecular complexity index is 642. The van der Waals surface area contributed by atoms with Crippen LogP contribution in [0, 0.1) is 5.41 Å². The summed E-state index contributed by atoms with van der Waals surface area (Å²) < 4.78 is 10.6. The lowest BCUT2D eigenvalue weighted by molar-refractivity contribution is -0.155. The van der Waals surface area contributed by atoms with Crippen molar-refractivity contribution in [1.82, 2.24) is 0 Å². The van der Waals surface area contributed by atoms with Gasteiger partial charge in [0.05, 0.1) is 24.5 Å². The van der Waals surface area contributed by atoms with E-state index in [2.05, 4.69) is 0 Å². The third-order valence-electron chi connectivity index (χ3n) is 3.99. The predicted octanol–water partition coefficient (Wildman–Crippen LogP) is 2.83. The predicted molar refractivity (Wildman–Crippen MR) is 81.1 cm³/mol. The second-order valence-electron chi connectivity index (χ2n) is 5.81. The molecule has 1 N–H and O–H groups in total. The Hall–Kier alpha value is -2.30. The highest BCUT2D eigenvalue weighted by molar-refractivity contribution is 6.12. The van der Waals surface area contributed by atoms with Crippen LogP contribution in [0.1, 0.15) is 36.7 Å². The second-order valence-corrected chi connectivity index (χ2v) is 5.81. The van der Waals surface area contributed by atoms with Gasteiger partial charge in [-0.3, -0.25) is 9.59 Å². The third kappa shape index (κ3) is 2.47. The summed E-state index contributed by atoms with van der Waals surface area (Å²) in [5.41, 5.74) is 0.339. The van der Waals surface area contributed by atoms with Gasteiger partial charge in [-0.25, -0.2) is 0 Å². The molecule has 118 valence electrons. The minimum Gasteiger partial charge on any atom is -0.515 e. The Labute approximate surface area is 129 Å². The number of hydrogen-bond donors (Lipinski definition) is 1. The molecule has 0 spiro atoms. The lowest BCUT2D eigenvalue weighted by Crippen LogP contribution is -2.46. The molecule has 5 nitrogen and oxygen atoms in total. The highest BCUT2D eigenvalue weighted by Crippen LogP contribution is 2.39. The van der Waals surface area contributed by atoms with Gasteiger partial charge in [0.15, 0.2) is 5.78 Å². The minimum absolute atomic E-state index is 0.0520. The lowest BCUT2D eigenvalue weighted by Gasteiger charge is -2.36. The summed E-state index contributed by atoms with van der Waals surface area (Å²) in [6.07, 6.45) is 0.604. The number of methoxy groups -OCH3 is 1. The number of carbonyl (C=O) groups excluding carboxylic acids is 2. The summed E-state index contributed by atoms with van der Waals surface area (Å²) in [6.45, 7) is 5.22. The SMILES string of the molecule is CCc1ccc2c(c1)C(=O)C(=CO)C(C(C)(C)C(=O)OC)O2. The quantitative estimate of drug-likeness (QED) is 0.528. The van der Waals surface area contributed by atoms with Gasteiger partial charge in [-0.15, -0.1) is 0 Å². The van der Waals surface area contributed by atoms with Gasteiger partial charge < -0.3 is 14.6 Å². The number of rotatable bonds is 3. The molecule has 0 radical (unpaired) electrons. The number of Topliss-reactive ketones (excluding diaryl/α,β-unsaturated/α-hetero) is 1. The van der Waals surface area contributed by atoms with Crippen LogP contribution in [-0.4, -0.2) is 30.1 Å². The molecule has 1 aromatic rings. The van der Waals surface area contributed by atoms with E-state index in [0.717, 1.165) is 18.2 Å². The molecule has 0 aliphatic carbocycles. The summed E-state index contributed by atoms with van der Waals surface area (Å²) in [5, 5.41) is 9.49. The number of fused-ring (bicyclic) bond motifs is 1. The fourth-order valence-corrected chi connectivity index (χ4v) is 2.57. The van der Waals surface area contributed by atoms with E-state index in [-0.39, 0.29) is 11.4 Å². The number of aryl methyl sites for hydroxylation is 1. The summed E-state index contributed by atoms with van der Waals surface area (Å²) in [5.74, 6) is -0.436. The van der Waals surface area contributed by atoms with E-state index < -0.39 is 17.5 Å². The molecule has 0 aromatic heterocycles. The summed E-state index contributed by atoms with van der Waals surface area (Å²) in [4.78, 5) is 24.6. The van der Waals surface area contributed by atoms with Crippen LogP contribution in [0.25, 0.3) is 0 Å². The van der Waals surface area contributed by atoms with Crippen molar-refractivity contribution in [2.24, 2.45) is 5.41 Å². The molecule has 0 bridgehead atoms. The molecule has 1 unspecified atom stereocenters. The molecule has 0 saturated carbocycles. The highest BCUT2D eigenvalue weighted by atomic mass is 16.5. The number of aliphatic hydroxyl groups excluding tert-OH is 1. The second kappa shape index (κ2) is 5.83.